The van der Waals surface area contributed by atoms with E-state index in [0.29, 0.717) is 13.0 Å². The number of carbonyl (C=O) groups is 1. The van der Waals surface area contributed by atoms with E-state index in [4.69, 9.17) is 5.11 Å². The molecule has 0 fully saturated rings. The smallest absolute Gasteiger partial charge is 0.387 e. The van der Waals surface area contributed by atoms with Gasteiger partial charge in [0.25, 0.3) is 0 Å². The number of aliphatic hydroxyl groups excluding tert-OH is 1. The van der Waals surface area contributed by atoms with Crippen molar-refractivity contribution < 1.29 is 27.8 Å². The van der Waals surface area contributed by atoms with Gasteiger partial charge >= 0.3 is 12.6 Å². The Kier molecular flexibility index (Phi) is 6.80. The molecule has 0 heterocycles. The van der Waals surface area contributed by atoms with Crippen LogP contribution in [0.5, 0.6) is 5.75 Å². The molecule has 118 valence electrons. The minimum Gasteiger partial charge on any atom is -0.432 e. The first-order valence-electron chi connectivity index (χ1n) is 6.32. The van der Waals surface area contributed by atoms with Crippen molar-refractivity contribution in [3.8, 4) is 5.75 Å². The van der Waals surface area contributed by atoms with E-state index in [2.05, 4.69) is 15.4 Å². The number of hydrogen-bond acceptors (Lipinski definition) is 3. The van der Waals surface area contributed by atoms with Crippen LogP contribution < -0.4 is 15.4 Å². The third-order valence-corrected chi connectivity index (χ3v) is 2.64. The first kappa shape index (κ1) is 17.1. The van der Waals surface area contributed by atoms with Gasteiger partial charge in [-0.05, 0) is 24.5 Å². The van der Waals surface area contributed by atoms with Gasteiger partial charge in [0, 0.05) is 19.2 Å². The molecular weight excluding hydrogens is 289 g/mol. The van der Waals surface area contributed by atoms with E-state index in [-0.39, 0.29) is 18.2 Å². The lowest BCUT2D eigenvalue weighted by molar-refractivity contribution is -0.0495. The van der Waals surface area contributed by atoms with Gasteiger partial charge in [-0.25, -0.2) is 9.18 Å². The number of halogens is 3. The van der Waals surface area contributed by atoms with Crippen LogP contribution in [0.2, 0.25) is 0 Å². The minimum atomic E-state index is -3.13. The van der Waals surface area contributed by atoms with Gasteiger partial charge in [0.15, 0.2) is 5.75 Å². The Balaban J connectivity index is 2.62. The molecule has 0 saturated heterocycles. The number of rotatable bonds is 7. The molecule has 0 spiro atoms. The van der Waals surface area contributed by atoms with E-state index in [1.807, 2.05) is 6.92 Å². The molecule has 0 bridgehead atoms. The molecule has 0 aliphatic rings. The summed E-state index contributed by atoms with van der Waals surface area (Å²) < 4.78 is 41.6. The molecule has 1 atom stereocenters. The second-order valence-electron chi connectivity index (χ2n) is 4.47. The fourth-order valence-corrected chi connectivity index (χ4v) is 1.55. The van der Waals surface area contributed by atoms with Gasteiger partial charge in [-0.1, -0.05) is 6.92 Å². The first-order chi connectivity index (χ1) is 9.92. The molecule has 0 aliphatic carbocycles. The fraction of sp³-hybridized carbons (Fsp3) is 0.462. The van der Waals surface area contributed by atoms with Gasteiger partial charge in [0.2, 0.25) is 0 Å². The lowest BCUT2D eigenvalue weighted by atomic mass is 10.1. The highest BCUT2D eigenvalue weighted by Gasteiger charge is 2.13. The zero-order valence-electron chi connectivity index (χ0n) is 11.4. The molecule has 1 aromatic carbocycles. The van der Waals surface area contributed by atoms with Crippen LogP contribution in [0.4, 0.5) is 23.7 Å². The summed E-state index contributed by atoms with van der Waals surface area (Å²) >= 11 is 0. The van der Waals surface area contributed by atoms with Crippen LogP contribution in [0.25, 0.3) is 0 Å². The van der Waals surface area contributed by atoms with Crippen molar-refractivity contribution in [1.29, 1.82) is 0 Å². The molecule has 3 N–H and O–H groups in total. The molecule has 5 nitrogen and oxygen atoms in total. The van der Waals surface area contributed by atoms with E-state index >= 15 is 0 Å². The zero-order valence-corrected chi connectivity index (χ0v) is 11.4. The summed E-state index contributed by atoms with van der Waals surface area (Å²) in [5.41, 5.74) is -0.0657. The van der Waals surface area contributed by atoms with Gasteiger partial charge in [-0.2, -0.15) is 8.78 Å². The number of amides is 2. The van der Waals surface area contributed by atoms with Gasteiger partial charge in [0.1, 0.15) is 5.82 Å². The lowest BCUT2D eigenvalue weighted by Crippen LogP contribution is -2.32. The number of urea groups is 1. The summed E-state index contributed by atoms with van der Waals surface area (Å²) in [6.45, 7) is -0.979. The van der Waals surface area contributed by atoms with Gasteiger partial charge < -0.3 is 20.5 Å². The Hall–Kier alpha value is -1.96. The molecule has 8 heteroatoms. The lowest BCUT2D eigenvalue weighted by Gasteiger charge is -2.14. The number of anilines is 1. The third-order valence-electron chi connectivity index (χ3n) is 2.64. The second kappa shape index (κ2) is 8.35. The molecule has 21 heavy (non-hydrogen) atoms. The SMILES string of the molecule is CC(CCO)CNC(=O)Nc1ccc(F)cc1OC(F)F. The minimum absolute atomic E-state index is 0.00873. The monoisotopic (exact) mass is 306 g/mol. The number of carbonyl (C=O) groups excluding carboxylic acids is 1. The van der Waals surface area contributed by atoms with Crippen LogP contribution in [0.3, 0.4) is 0 Å². The normalized spacial score (nSPS) is 12.1. The van der Waals surface area contributed by atoms with E-state index < -0.39 is 24.2 Å². The summed E-state index contributed by atoms with van der Waals surface area (Å²) in [5.74, 6) is -1.15. The van der Waals surface area contributed by atoms with Crippen LogP contribution in [0.1, 0.15) is 13.3 Å². The van der Waals surface area contributed by atoms with Crippen molar-refractivity contribution >= 4 is 11.7 Å². The van der Waals surface area contributed by atoms with Crippen molar-refractivity contribution in [2.45, 2.75) is 20.0 Å². The second-order valence-corrected chi connectivity index (χ2v) is 4.47. The molecule has 0 aliphatic heterocycles. The number of ether oxygens (including phenoxy) is 1. The highest BCUT2D eigenvalue weighted by Crippen LogP contribution is 2.26. The number of benzene rings is 1. The van der Waals surface area contributed by atoms with Gasteiger partial charge in [-0.3, -0.25) is 0 Å². The molecule has 1 rings (SSSR count). The Morgan fingerprint density at radius 1 is 1.43 bits per heavy atom. The van der Waals surface area contributed by atoms with Crippen molar-refractivity contribution in [3.05, 3.63) is 24.0 Å². The van der Waals surface area contributed by atoms with Crippen molar-refractivity contribution in [2.75, 3.05) is 18.5 Å². The number of alkyl halides is 2. The maximum Gasteiger partial charge on any atom is 0.387 e. The summed E-state index contributed by atoms with van der Waals surface area (Å²) in [7, 11) is 0. The summed E-state index contributed by atoms with van der Waals surface area (Å²) in [5, 5.41) is 13.5. The average molecular weight is 306 g/mol. The first-order valence-corrected chi connectivity index (χ1v) is 6.32. The van der Waals surface area contributed by atoms with Crippen LogP contribution in [-0.4, -0.2) is 30.9 Å². The zero-order chi connectivity index (χ0) is 15.8. The molecule has 2 amide bonds. The maximum absolute atomic E-state index is 13.0. The van der Waals surface area contributed by atoms with Gasteiger partial charge in [0.05, 0.1) is 5.69 Å². The fourth-order valence-electron chi connectivity index (χ4n) is 1.55. The van der Waals surface area contributed by atoms with E-state index in [0.717, 1.165) is 18.2 Å². The predicted octanol–water partition coefficient (Wildman–Crippen LogP) is 2.57. The van der Waals surface area contributed by atoms with E-state index in [9.17, 15) is 18.0 Å². The van der Waals surface area contributed by atoms with E-state index in [1.54, 1.807) is 0 Å². The molecular formula is C13H17F3N2O3. The Labute approximate surface area is 120 Å². The standard InChI is InChI=1S/C13H17F3N2O3/c1-8(4-5-19)7-17-13(20)18-10-3-2-9(14)6-11(10)21-12(15)16/h2-3,6,8,12,19H,4-5,7H2,1H3,(H2,17,18,20). The number of aliphatic hydroxyl groups is 1. The Bertz CT molecular complexity index is 472. The highest BCUT2D eigenvalue weighted by atomic mass is 19.3. The van der Waals surface area contributed by atoms with E-state index in [1.165, 1.54) is 0 Å². The topological polar surface area (TPSA) is 70.6 Å². The van der Waals surface area contributed by atoms with Gasteiger partial charge in [-0.15, -0.1) is 0 Å². The third kappa shape index (κ3) is 6.35. The highest BCUT2D eigenvalue weighted by molar-refractivity contribution is 5.90. The largest absolute Gasteiger partial charge is 0.432 e. The Morgan fingerprint density at radius 2 is 2.14 bits per heavy atom. The average Bonchev–Trinajstić information content (AvgIpc) is 2.39. The van der Waals surface area contributed by atoms with Crippen molar-refractivity contribution in [3.63, 3.8) is 0 Å². The molecule has 1 unspecified atom stereocenters. The molecule has 0 radical (unpaired) electrons. The van der Waals surface area contributed by atoms with Crippen LogP contribution in [0.15, 0.2) is 18.2 Å². The van der Waals surface area contributed by atoms with Crippen molar-refractivity contribution in [2.24, 2.45) is 5.92 Å². The maximum atomic E-state index is 13.0. The van der Waals surface area contributed by atoms with Crippen LogP contribution >= 0.6 is 0 Å². The summed E-state index contributed by atoms with van der Waals surface area (Å²) in [6.07, 6.45) is 0.524. The molecule has 0 aromatic heterocycles. The van der Waals surface area contributed by atoms with Crippen molar-refractivity contribution in [1.82, 2.24) is 5.32 Å². The predicted molar refractivity (Wildman–Crippen MR) is 70.9 cm³/mol. The van der Waals surface area contributed by atoms with Crippen LogP contribution in [-0.2, 0) is 0 Å². The molecule has 1 aromatic rings. The summed E-state index contributed by atoms with van der Waals surface area (Å²) in [4.78, 5) is 11.6. The quantitative estimate of drug-likeness (QED) is 0.725. The summed E-state index contributed by atoms with van der Waals surface area (Å²) in [6, 6.07) is 2.27. The van der Waals surface area contributed by atoms with Crippen LogP contribution in [0, 0.1) is 11.7 Å². The number of nitrogens with one attached hydrogen (secondary N) is 2. The number of hydrogen-bond donors (Lipinski definition) is 3. The molecule has 0 saturated carbocycles. The Morgan fingerprint density at radius 3 is 2.76 bits per heavy atom.